The maximum Gasteiger partial charge on any atom is 0.256 e. The maximum absolute atomic E-state index is 12.7. The molecule has 5 rings (SSSR count). The van der Waals surface area contributed by atoms with Gasteiger partial charge in [0.15, 0.2) is 5.13 Å². The number of hydrogen-bond donors (Lipinski definition) is 1. The van der Waals surface area contributed by atoms with Gasteiger partial charge < -0.3 is 10.2 Å². The fraction of sp³-hybridized carbons (Fsp3) is 0.500. The highest BCUT2D eigenvalue weighted by molar-refractivity contribution is 7.14. The van der Waals surface area contributed by atoms with E-state index < -0.39 is 0 Å². The first kappa shape index (κ1) is 16.5. The molecule has 1 atom stereocenters. The molecule has 3 saturated heterocycles. The molecule has 1 amide bonds. The smallest absolute Gasteiger partial charge is 0.256 e. The molecule has 6 nitrogen and oxygen atoms in total. The number of amides is 1. The number of rotatable bonds is 4. The van der Waals surface area contributed by atoms with Crippen molar-refractivity contribution in [1.29, 1.82) is 0 Å². The van der Waals surface area contributed by atoms with Crippen LogP contribution in [0.4, 0.5) is 0 Å². The lowest BCUT2D eigenvalue weighted by Crippen LogP contribution is -2.57. The van der Waals surface area contributed by atoms with E-state index in [4.69, 9.17) is 0 Å². The number of nitrogens with zero attached hydrogens (tertiary/aromatic N) is 3. The maximum atomic E-state index is 12.7. The minimum Gasteiger partial charge on any atom is -0.348 e. The highest BCUT2D eigenvalue weighted by Crippen LogP contribution is 2.27. The number of pyridine rings is 1. The van der Waals surface area contributed by atoms with E-state index in [9.17, 15) is 9.59 Å². The first-order chi connectivity index (χ1) is 12.1. The third-order valence-corrected chi connectivity index (χ3v) is 6.38. The molecule has 132 valence electrons. The summed E-state index contributed by atoms with van der Waals surface area (Å²) in [7, 11) is 0. The quantitative estimate of drug-likeness (QED) is 0.903. The number of nitrogens with one attached hydrogen (secondary N) is 1. The Morgan fingerprint density at radius 2 is 2.16 bits per heavy atom. The molecule has 2 aromatic rings. The van der Waals surface area contributed by atoms with E-state index in [1.165, 1.54) is 22.0 Å². The summed E-state index contributed by atoms with van der Waals surface area (Å²) in [4.78, 5) is 32.7. The SMILES string of the molecule is CCc1cnc(-n2cc(C(=O)NC3CN4CCC3CC4)ccc2=O)s1. The van der Waals surface area contributed by atoms with Crippen LogP contribution in [0.2, 0.25) is 0 Å². The van der Waals surface area contributed by atoms with Crippen molar-refractivity contribution in [2.45, 2.75) is 32.2 Å². The Balaban J connectivity index is 1.55. The van der Waals surface area contributed by atoms with Crippen LogP contribution in [-0.4, -0.2) is 46.0 Å². The van der Waals surface area contributed by atoms with Crippen LogP contribution in [-0.2, 0) is 6.42 Å². The molecule has 3 fully saturated rings. The van der Waals surface area contributed by atoms with Gasteiger partial charge in [-0.3, -0.25) is 14.2 Å². The van der Waals surface area contributed by atoms with Gasteiger partial charge in [0.1, 0.15) is 0 Å². The molecule has 0 spiro atoms. The molecule has 1 unspecified atom stereocenters. The molecule has 0 saturated carbocycles. The van der Waals surface area contributed by atoms with E-state index >= 15 is 0 Å². The molecule has 1 N–H and O–H groups in total. The zero-order valence-corrected chi connectivity index (χ0v) is 15.1. The molecule has 0 aromatic carbocycles. The van der Waals surface area contributed by atoms with Gasteiger partial charge in [-0.25, -0.2) is 4.98 Å². The van der Waals surface area contributed by atoms with Gasteiger partial charge >= 0.3 is 0 Å². The molecule has 2 bridgehead atoms. The Kier molecular flexibility index (Phi) is 4.43. The van der Waals surface area contributed by atoms with Crippen LogP contribution in [0.5, 0.6) is 0 Å². The van der Waals surface area contributed by atoms with Gasteiger partial charge in [0.2, 0.25) is 0 Å². The lowest BCUT2D eigenvalue weighted by molar-refractivity contribution is 0.0620. The van der Waals surface area contributed by atoms with Crippen molar-refractivity contribution in [3.63, 3.8) is 0 Å². The van der Waals surface area contributed by atoms with E-state index in [1.807, 2.05) is 0 Å². The van der Waals surface area contributed by atoms with E-state index in [0.29, 0.717) is 16.6 Å². The van der Waals surface area contributed by atoms with Gasteiger partial charge in [-0.15, -0.1) is 11.3 Å². The van der Waals surface area contributed by atoms with E-state index in [0.717, 1.165) is 43.8 Å². The normalized spacial score (nSPS) is 25.1. The molecular formula is C18H22N4O2S. The zero-order valence-electron chi connectivity index (χ0n) is 14.3. The molecule has 3 aliphatic heterocycles. The Morgan fingerprint density at radius 3 is 2.80 bits per heavy atom. The van der Waals surface area contributed by atoms with Crippen molar-refractivity contribution in [2.75, 3.05) is 19.6 Å². The van der Waals surface area contributed by atoms with Crippen LogP contribution in [0, 0.1) is 5.92 Å². The Labute approximate surface area is 150 Å². The van der Waals surface area contributed by atoms with Crippen molar-refractivity contribution < 1.29 is 4.79 Å². The minimum absolute atomic E-state index is 0.111. The summed E-state index contributed by atoms with van der Waals surface area (Å²) in [6, 6.07) is 3.25. The lowest BCUT2D eigenvalue weighted by atomic mass is 9.84. The fourth-order valence-corrected chi connectivity index (χ4v) is 4.55. The van der Waals surface area contributed by atoms with Crippen molar-refractivity contribution in [3.8, 4) is 5.13 Å². The summed E-state index contributed by atoms with van der Waals surface area (Å²) in [5.74, 6) is 0.464. The van der Waals surface area contributed by atoms with Crippen LogP contribution in [0.3, 0.4) is 0 Å². The number of aryl methyl sites for hydroxylation is 1. The molecule has 3 aliphatic rings. The summed E-state index contributed by atoms with van der Waals surface area (Å²) < 4.78 is 1.47. The summed E-state index contributed by atoms with van der Waals surface area (Å²) in [5.41, 5.74) is 0.334. The predicted molar refractivity (Wildman–Crippen MR) is 97.5 cm³/mol. The van der Waals surface area contributed by atoms with Crippen molar-refractivity contribution >= 4 is 17.2 Å². The van der Waals surface area contributed by atoms with Crippen LogP contribution >= 0.6 is 11.3 Å². The molecule has 0 radical (unpaired) electrons. The molecule has 5 heterocycles. The third-order valence-electron chi connectivity index (χ3n) is 5.24. The Morgan fingerprint density at radius 1 is 1.36 bits per heavy atom. The first-order valence-electron chi connectivity index (χ1n) is 8.85. The highest BCUT2D eigenvalue weighted by Gasteiger charge is 2.35. The number of piperidine rings is 3. The number of aromatic nitrogens is 2. The molecule has 7 heteroatoms. The van der Waals surface area contributed by atoms with Crippen molar-refractivity contribution in [1.82, 2.24) is 19.8 Å². The van der Waals surface area contributed by atoms with Crippen LogP contribution in [0.1, 0.15) is 35.0 Å². The Bertz CT molecular complexity index is 836. The zero-order chi connectivity index (χ0) is 17.4. The van der Waals surface area contributed by atoms with E-state index in [-0.39, 0.29) is 17.5 Å². The second-order valence-corrected chi connectivity index (χ2v) is 7.90. The minimum atomic E-state index is -0.170. The van der Waals surface area contributed by atoms with Gasteiger partial charge in [-0.05, 0) is 44.3 Å². The summed E-state index contributed by atoms with van der Waals surface area (Å²) >= 11 is 1.48. The average molecular weight is 358 g/mol. The summed E-state index contributed by atoms with van der Waals surface area (Å²) in [5, 5.41) is 3.78. The third kappa shape index (κ3) is 3.26. The fourth-order valence-electron chi connectivity index (χ4n) is 3.72. The monoisotopic (exact) mass is 358 g/mol. The van der Waals surface area contributed by atoms with Gasteiger partial charge in [0, 0.05) is 35.9 Å². The standard InChI is InChI=1S/C18H22N4O2S/c1-2-14-9-19-18(25-14)22-10-13(3-4-16(22)23)17(24)20-15-11-21-7-5-12(15)6-8-21/h3-4,9-10,12,15H,2,5-8,11H2,1H3,(H,20,24). The van der Waals surface area contributed by atoms with Crippen molar-refractivity contribution in [2.24, 2.45) is 5.92 Å². The predicted octanol–water partition coefficient (Wildman–Crippen LogP) is 1.68. The van der Waals surface area contributed by atoms with Crippen molar-refractivity contribution in [3.05, 3.63) is 45.3 Å². The largest absolute Gasteiger partial charge is 0.348 e. The average Bonchev–Trinajstić information content (AvgIpc) is 3.12. The Hall–Kier alpha value is -1.99. The summed E-state index contributed by atoms with van der Waals surface area (Å²) in [6.45, 7) is 5.28. The topological polar surface area (TPSA) is 67.2 Å². The van der Waals surface area contributed by atoms with Crippen LogP contribution in [0.15, 0.2) is 29.3 Å². The molecule has 25 heavy (non-hydrogen) atoms. The van der Waals surface area contributed by atoms with Gasteiger partial charge in [-0.1, -0.05) is 6.92 Å². The second-order valence-electron chi connectivity index (χ2n) is 6.81. The van der Waals surface area contributed by atoms with Gasteiger partial charge in [0.05, 0.1) is 5.56 Å². The number of carbonyl (C=O) groups is 1. The number of hydrogen-bond acceptors (Lipinski definition) is 5. The summed E-state index contributed by atoms with van der Waals surface area (Å²) in [6.07, 6.45) is 6.59. The van der Waals surface area contributed by atoms with Gasteiger partial charge in [-0.2, -0.15) is 0 Å². The number of thiazole rings is 1. The number of fused-ring (bicyclic) bond motifs is 3. The van der Waals surface area contributed by atoms with Crippen LogP contribution in [0.25, 0.3) is 5.13 Å². The molecular weight excluding hydrogens is 336 g/mol. The molecule has 0 aliphatic carbocycles. The van der Waals surface area contributed by atoms with Gasteiger partial charge in [0.25, 0.3) is 11.5 Å². The first-order valence-corrected chi connectivity index (χ1v) is 9.66. The highest BCUT2D eigenvalue weighted by atomic mass is 32.1. The van der Waals surface area contributed by atoms with Crippen LogP contribution < -0.4 is 10.9 Å². The van der Waals surface area contributed by atoms with E-state index in [1.54, 1.807) is 18.5 Å². The lowest BCUT2D eigenvalue weighted by Gasteiger charge is -2.44. The van der Waals surface area contributed by atoms with E-state index in [2.05, 4.69) is 22.1 Å². The second kappa shape index (κ2) is 6.72. The molecule has 2 aromatic heterocycles. The number of carbonyl (C=O) groups excluding carboxylic acids is 1.